The van der Waals surface area contributed by atoms with Gasteiger partial charge in [-0.1, -0.05) is 54.2 Å². The van der Waals surface area contributed by atoms with E-state index in [9.17, 15) is 9.59 Å². The molecule has 0 aliphatic heterocycles. The molecule has 0 atom stereocenters. The van der Waals surface area contributed by atoms with Crippen molar-refractivity contribution in [3.63, 3.8) is 0 Å². The highest BCUT2D eigenvalue weighted by molar-refractivity contribution is 7.99. The lowest BCUT2D eigenvalue weighted by Gasteiger charge is -2.14. The minimum Gasteiger partial charge on any atom is -0.465 e. The second-order valence-corrected chi connectivity index (χ2v) is 8.65. The molecule has 0 radical (unpaired) electrons. The van der Waals surface area contributed by atoms with Crippen LogP contribution in [0.5, 0.6) is 0 Å². The Hall–Kier alpha value is -3.91. The van der Waals surface area contributed by atoms with E-state index in [2.05, 4.69) is 33.7 Å². The molecule has 0 saturated heterocycles. The molecule has 1 amide bonds. The maximum Gasteiger partial charge on any atom is 0.337 e. The van der Waals surface area contributed by atoms with Gasteiger partial charge in [-0.25, -0.2) is 4.79 Å². The fourth-order valence-electron chi connectivity index (χ4n) is 3.45. The fourth-order valence-corrected chi connectivity index (χ4v) is 4.19. The van der Waals surface area contributed by atoms with Crippen LogP contribution in [0.2, 0.25) is 0 Å². The zero-order valence-electron chi connectivity index (χ0n) is 19.1. The van der Waals surface area contributed by atoms with Crippen LogP contribution >= 0.6 is 11.8 Å². The number of aromatic nitrogens is 3. The van der Waals surface area contributed by atoms with Gasteiger partial charge in [0.1, 0.15) is 0 Å². The number of methoxy groups -OCH3 is 1. The summed E-state index contributed by atoms with van der Waals surface area (Å²) < 4.78 is 6.70. The van der Waals surface area contributed by atoms with Gasteiger partial charge in [0.15, 0.2) is 11.0 Å². The van der Waals surface area contributed by atoms with Crippen LogP contribution in [-0.4, -0.2) is 39.5 Å². The van der Waals surface area contributed by atoms with Crippen molar-refractivity contribution in [2.75, 3.05) is 18.2 Å². The lowest BCUT2D eigenvalue weighted by atomic mass is 10.1. The Morgan fingerprint density at radius 3 is 2.41 bits per heavy atom. The fraction of sp³-hybridized carbons (Fsp3) is 0.154. The van der Waals surface area contributed by atoms with Crippen molar-refractivity contribution in [2.45, 2.75) is 19.0 Å². The number of benzene rings is 3. The van der Waals surface area contributed by atoms with Gasteiger partial charge in [-0.15, -0.1) is 10.2 Å². The number of esters is 1. The molecule has 0 bridgehead atoms. The van der Waals surface area contributed by atoms with Crippen LogP contribution in [0.15, 0.2) is 78.0 Å². The average Bonchev–Trinajstić information content (AvgIpc) is 3.28. The molecule has 7 nitrogen and oxygen atoms in total. The number of anilines is 1. The Kier molecular flexibility index (Phi) is 7.08. The first kappa shape index (κ1) is 23.3. The number of aryl methyl sites for hydroxylation is 2. The van der Waals surface area contributed by atoms with Crippen LogP contribution in [-0.2, 0) is 9.53 Å². The molecule has 8 heteroatoms. The Bertz CT molecular complexity index is 1320. The highest BCUT2D eigenvalue weighted by atomic mass is 32.2. The molecule has 0 spiro atoms. The highest BCUT2D eigenvalue weighted by Crippen LogP contribution is 2.30. The van der Waals surface area contributed by atoms with Gasteiger partial charge in [-0.2, -0.15) is 0 Å². The van der Waals surface area contributed by atoms with E-state index >= 15 is 0 Å². The number of carbonyl (C=O) groups is 2. The van der Waals surface area contributed by atoms with Crippen LogP contribution in [0.25, 0.3) is 17.1 Å². The first-order valence-electron chi connectivity index (χ1n) is 10.7. The van der Waals surface area contributed by atoms with Crippen LogP contribution in [0, 0.1) is 13.8 Å². The van der Waals surface area contributed by atoms with Crippen LogP contribution < -0.4 is 5.32 Å². The highest BCUT2D eigenvalue weighted by Gasteiger charge is 2.19. The molecule has 0 aliphatic rings. The first-order valence-corrected chi connectivity index (χ1v) is 11.6. The van der Waals surface area contributed by atoms with Gasteiger partial charge >= 0.3 is 5.97 Å². The number of rotatable bonds is 7. The third-order valence-electron chi connectivity index (χ3n) is 5.19. The molecule has 4 rings (SSSR count). The molecular formula is C26H24N4O3S. The number of amides is 1. The molecule has 34 heavy (non-hydrogen) atoms. The average molecular weight is 473 g/mol. The van der Waals surface area contributed by atoms with Gasteiger partial charge in [-0.3, -0.25) is 9.36 Å². The number of thioether (sulfide) groups is 1. The quantitative estimate of drug-likeness (QED) is 0.299. The van der Waals surface area contributed by atoms with Gasteiger partial charge in [0.2, 0.25) is 5.91 Å². The number of carbonyl (C=O) groups excluding carboxylic acids is 2. The van der Waals surface area contributed by atoms with Crippen molar-refractivity contribution in [3.05, 3.63) is 89.5 Å². The second-order valence-electron chi connectivity index (χ2n) is 7.70. The summed E-state index contributed by atoms with van der Waals surface area (Å²) in [6, 6.07) is 22.6. The van der Waals surface area contributed by atoms with E-state index in [1.807, 2.05) is 48.7 Å². The molecule has 1 N–H and O–H groups in total. The monoisotopic (exact) mass is 472 g/mol. The molecule has 0 unspecified atom stereocenters. The Morgan fingerprint density at radius 2 is 1.71 bits per heavy atom. The van der Waals surface area contributed by atoms with E-state index in [4.69, 9.17) is 4.74 Å². The number of hydrogen-bond acceptors (Lipinski definition) is 6. The maximum atomic E-state index is 12.6. The Balaban J connectivity index is 1.56. The maximum absolute atomic E-state index is 12.6. The number of nitrogens with zero attached hydrogens (tertiary/aromatic N) is 3. The van der Waals surface area contributed by atoms with E-state index in [1.54, 1.807) is 24.3 Å². The summed E-state index contributed by atoms with van der Waals surface area (Å²) >= 11 is 1.31. The second kappa shape index (κ2) is 10.4. The minimum absolute atomic E-state index is 0.149. The molecule has 1 heterocycles. The number of ether oxygens (including phenoxy) is 1. The lowest BCUT2D eigenvalue weighted by Crippen LogP contribution is -2.15. The largest absolute Gasteiger partial charge is 0.465 e. The lowest BCUT2D eigenvalue weighted by molar-refractivity contribution is -0.113. The SMILES string of the molecule is COC(=O)c1ccc(NC(=O)CSc2nnc(-c3ccccc3)n2-c2cc(C)ccc2C)cc1. The summed E-state index contributed by atoms with van der Waals surface area (Å²) in [5.41, 5.74) is 5.14. The molecule has 3 aromatic carbocycles. The van der Waals surface area contributed by atoms with Gasteiger partial charge in [0.05, 0.1) is 24.1 Å². The summed E-state index contributed by atoms with van der Waals surface area (Å²) in [5, 5.41) is 12.3. The summed E-state index contributed by atoms with van der Waals surface area (Å²) in [5.74, 6) is 0.257. The van der Waals surface area contributed by atoms with E-state index in [-0.39, 0.29) is 11.7 Å². The normalized spacial score (nSPS) is 10.7. The predicted octanol–water partition coefficient (Wildman–Crippen LogP) is 5.07. The smallest absolute Gasteiger partial charge is 0.337 e. The van der Waals surface area contributed by atoms with Gasteiger partial charge in [0.25, 0.3) is 0 Å². The molecule has 172 valence electrons. The van der Waals surface area contributed by atoms with Crippen LogP contribution in [0.4, 0.5) is 5.69 Å². The van der Waals surface area contributed by atoms with Crippen molar-refractivity contribution in [3.8, 4) is 17.1 Å². The van der Waals surface area contributed by atoms with Gasteiger partial charge in [0, 0.05) is 11.3 Å². The molecule has 1 aromatic heterocycles. The van der Waals surface area contributed by atoms with Gasteiger partial charge < -0.3 is 10.1 Å². The zero-order chi connectivity index (χ0) is 24.1. The summed E-state index contributed by atoms with van der Waals surface area (Å²) in [6.45, 7) is 4.09. The number of nitrogens with one attached hydrogen (secondary N) is 1. The summed E-state index contributed by atoms with van der Waals surface area (Å²) in [6.07, 6.45) is 0. The van der Waals surface area contributed by atoms with E-state index in [0.29, 0.717) is 16.4 Å². The molecular weight excluding hydrogens is 448 g/mol. The van der Waals surface area contributed by atoms with E-state index in [1.165, 1.54) is 18.9 Å². The third kappa shape index (κ3) is 5.18. The molecule has 0 aliphatic carbocycles. The van der Waals surface area contributed by atoms with E-state index < -0.39 is 5.97 Å². The van der Waals surface area contributed by atoms with Gasteiger partial charge in [-0.05, 0) is 55.3 Å². The van der Waals surface area contributed by atoms with Crippen molar-refractivity contribution < 1.29 is 14.3 Å². The Morgan fingerprint density at radius 1 is 0.971 bits per heavy atom. The summed E-state index contributed by atoms with van der Waals surface area (Å²) in [4.78, 5) is 24.2. The van der Waals surface area contributed by atoms with Crippen molar-refractivity contribution in [1.82, 2.24) is 14.8 Å². The first-order chi connectivity index (χ1) is 16.5. The summed E-state index contributed by atoms with van der Waals surface area (Å²) in [7, 11) is 1.33. The zero-order valence-corrected chi connectivity index (χ0v) is 19.9. The van der Waals surface area contributed by atoms with Crippen molar-refractivity contribution in [1.29, 1.82) is 0 Å². The van der Waals surface area contributed by atoms with Crippen LogP contribution in [0.3, 0.4) is 0 Å². The third-order valence-corrected chi connectivity index (χ3v) is 6.12. The standard InChI is InChI=1S/C26H24N4O3S/c1-17-9-10-18(2)22(15-17)30-24(19-7-5-4-6-8-19)28-29-26(30)34-16-23(31)27-21-13-11-20(12-14-21)25(32)33-3/h4-15H,16H2,1-3H3,(H,27,31). The van der Waals surface area contributed by atoms with E-state index in [0.717, 1.165) is 28.2 Å². The van der Waals surface area contributed by atoms with Crippen molar-refractivity contribution >= 4 is 29.3 Å². The predicted molar refractivity (Wildman–Crippen MR) is 133 cm³/mol. The topological polar surface area (TPSA) is 86.1 Å². The van der Waals surface area contributed by atoms with Crippen LogP contribution in [0.1, 0.15) is 21.5 Å². The molecule has 0 fully saturated rings. The minimum atomic E-state index is -0.423. The molecule has 4 aromatic rings. The molecule has 0 saturated carbocycles. The Labute approximate surface area is 202 Å². The number of hydrogen-bond donors (Lipinski definition) is 1. The van der Waals surface area contributed by atoms with Crippen molar-refractivity contribution in [2.24, 2.45) is 0 Å².